The smallest absolute Gasteiger partial charge is 0.241 e. The number of carbonyl (C=O) groups is 1. The maximum absolute atomic E-state index is 11.9. The molecule has 2 rings (SSSR count). The van der Waals surface area contributed by atoms with Gasteiger partial charge in [0, 0.05) is 20.6 Å². The molecule has 0 bridgehead atoms. The van der Waals surface area contributed by atoms with Gasteiger partial charge in [0.15, 0.2) is 5.96 Å². The van der Waals surface area contributed by atoms with E-state index >= 15 is 0 Å². The third-order valence-corrected chi connectivity index (χ3v) is 4.68. The molecule has 2 N–H and O–H groups in total. The number of halogens is 1. The molecule has 2 aromatic rings. The van der Waals surface area contributed by atoms with E-state index in [0.717, 1.165) is 18.6 Å². The minimum absolute atomic E-state index is 0. The quantitative estimate of drug-likeness (QED) is 0.301. The lowest BCUT2D eigenvalue weighted by atomic mass is 10.1. The Labute approximate surface area is 197 Å². The molecule has 0 unspecified atom stereocenters. The maximum atomic E-state index is 11.9. The molecule has 2 aromatic carbocycles. The van der Waals surface area contributed by atoms with Gasteiger partial charge in [-0.25, -0.2) is 4.99 Å². The van der Waals surface area contributed by atoms with E-state index in [9.17, 15) is 4.79 Å². The topological polar surface area (TPSA) is 66.0 Å². The molecule has 164 valence electrons. The molecule has 30 heavy (non-hydrogen) atoms. The van der Waals surface area contributed by atoms with Crippen LogP contribution >= 0.6 is 24.0 Å². The molecule has 0 radical (unpaired) electrons. The number of amides is 1. The number of aryl methyl sites for hydroxylation is 1. The van der Waals surface area contributed by atoms with E-state index in [1.54, 1.807) is 26.1 Å². The number of likely N-dealkylation sites (N-methyl/N-ethyl adjacent to an activating group) is 1. The molecule has 0 aliphatic carbocycles. The number of carbonyl (C=O) groups excluding carboxylic acids is 1. The van der Waals surface area contributed by atoms with Crippen LogP contribution in [0.5, 0.6) is 5.75 Å². The van der Waals surface area contributed by atoms with Gasteiger partial charge in [-0.05, 0) is 41.7 Å². The number of guanidine groups is 1. The Kier molecular flexibility index (Phi) is 11.9. The number of rotatable bonds is 9. The zero-order valence-electron chi connectivity index (χ0n) is 18.3. The van der Waals surface area contributed by atoms with E-state index < -0.39 is 0 Å². The first kappa shape index (κ1) is 25.7. The van der Waals surface area contributed by atoms with E-state index in [1.807, 2.05) is 24.3 Å². The molecule has 7 heteroatoms. The van der Waals surface area contributed by atoms with Gasteiger partial charge in [0.25, 0.3) is 0 Å². The average molecular weight is 524 g/mol. The third kappa shape index (κ3) is 8.61. The average Bonchev–Trinajstić information content (AvgIpc) is 2.75. The molecular weight excluding hydrogens is 491 g/mol. The van der Waals surface area contributed by atoms with E-state index in [0.29, 0.717) is 19.0 Å². The maximum Gasteiger partial charge on any atom is 0.241 e. The van der Waals surface area contributed by atoms with Crippen molar-refractivity contribution in [3.8, 4) is 5.75 Å². The van der Waals surface area contributed by atoms with Crippen LogP contribution in [-0.4, -0.2) is 51.1 Å². The van der Waals surface area contributed by atoms with Crippen LogP contribution < -0.4 is 15.4 Å². The van der Waals surface area contributed by atoms with Gasteiger partial charge >= 0.3 is 0 Å². The molecule has 0 spiro atoms. The fourth-order valence-corrected chi connectivity index (χ4v) is 2.83. The lowest BCUT2D eigenvalue weighted by Crippen LogP contribution is -2.43. The zero-order valence-corrected chi connectivity index (χ0v) is 20.6. The van der Waals surface area contributed by atoms with Crippen LogP contribution in [0.1, 0.15) is 23.6 Å². The van der Waals surface area contributed by atoms with Crippen molar-refractivity contribution in [2.24, 2.45) is 4.99 Å². The summed E-state index contributed by atoms with van der Waals surface area (Å²) >= 11 is 0. The molecule has 0 fully saturated rings. The van der Waals surface area contributed by atoms with Gasteiger partial charge in [-0.15, -0.1) is 24.0 Å². The Bertz CT molecular complexity index is 807. The normalized spacial score (nSPS) is 10.7. The number of benzene rings is 2. The lowest BCUT2D eigenvalue weighted by molar-refractivity contribution is -0.127. The summed E-state index contributed by atoms with van der Waals surface area (Å²) in [5.41, 5.74) is 3.70. The summed E-state index contributed by atoms with van der Waals surface area (Å²) in [6.45, 7) is 3.63. The van der Waals surface area contributed by atoms with Crippen molar-refractivity contribution in [2.45, 2.75) is 26.3 Å². The van der Waals surface area contributed by atoms with Crippen LogP contribution in [0.15, 0.2) is 53.5 Å². The van der Waals surface area contributed by atoms with Gasteiger partial charge in [0.2, 0.25) is 5.91 Å². The van der Waals surface area contributed by atoms with Crippen LogP contribution in [0.4, 0.5) is 0 Å². The minimum atomic E-state index is 0. The monoisotopic (exact) mass is 524 g/mol. The van der Waals surface area contributed by atoms with Crippen molar-refractivity contribution in [2.75, 3.05) is 34.3 Å². The van der Waals surface area contributed by atoms with Crippen LogP contribution in [-0.2, 0) is 24.2 Å². The van der Waals surface area contributed by atoms with Crippen molar-refractivity contribution in [3.63, 3.8) is 0 Å². The first-order valence-electron chi connectivity index (χ1n) is 9.95. The summed E-state index contributed by atoms with van der Waals surface area (Å²) in [5.74, 6) is 1.49. The molecule has 0 aliphatic rings. The fourth-order valence-electron chi connectivity index (χ4n) is 2.83. The summed E-state index contributed by atoms with van der Waals surface area (Å²) in [6, 6.07) is 16.3. The van der Waals surface area contributed by atoms with Gasteiger partial charge in [-0.3, -0.25) is 4.79 Å². The van der Waals surface area contributed by atoms with Crippen molar-refractivity contribution < 1.29 is 9.53 Å². The van der Waals surface area contributed by atoms with Gasteiger partial charge in [-0.1, -0.05) is 43.3 Å². The van der Waals surface area contributed by atoms with E-state index in [4.69, 9.17) is 9.73 Å². The van der Waals surface area contributed by atoms with Crippen LogP contribution in [0.3, 0.4) is 0 Å². The summed E-state index contributed by atoms with van der Waals surface area (Å²) < 4.78 is 5.20. The molecule has 0 aliphatic heterocycles. The van der Waals surface area contributed by atoms with Crippen LogP contribution in [0.2, 0.25) is 0 Å². The van der Waals surface area contributed by atoms with E-state index in [1.165, 1.54) is 16.7 Å². The second-order valence-electron chi connectivity index (χ2n) is 6.95. The van der Waals surface area contributed by atoms with Crippen molar-refractivity contribution in [1.82, 2.24) is 15.5 Å². The van der Waals surface area contributed by atoms with Crippen molar-refractivity contribution in [1.29, 1.82) is 0 Å². The minimum Gasteiger partial charge on any atom is -0.497 e. The highest BCUT2D eigenvalue weighted by Gasteiger charge is 2.07. The molecule has 0 aromatic heterocycles. The number of ether oxygens (including phenoxy) is 1. The van der Waals surface area contributed by atoms with Crippen LogP contribution in [0.25, 0.3) is 0 Å². The Hall–Kier alpha value is -2.29. The third-order valence-electron chi connectivity index (χ3n) is 4.68. The molecule has 0 heterocycles. The SMILES string of the molecule is CCc1ccccc1CN=C(NCCc1ccc(OC)cc1)NCC(=O)N(C)C.I. The number of methoxy groups -OCH3 is 1. The van der Waals surface area contributed by atoms with E-state index in [2.05, 4.69) is 41.8 Å². The number of hydrogen-bond acceptors (Lipinski definition) is 3. The van der Waals surface area contributed by atoms with Gasteiger partial charge in [0.1, 0.15) is 5.75 Å². The van der Waals surface area contributed by atoms with Crippen molar-refractivity contribution >= 4 is 35.8 Å². The highest BCUT2D eigenvalue weighted by molar-refractivity contribution is 14.0. The second-order valence-corrected chi connectivity index (χ2v) is 6.95. The molecule has 0 atom stereocenters. The summed E-state index contributed by atoms with van der Waals surface area (Å²) in [7, 11) is 5.15. The summed E-state index contributed by atoms with van der Waals surface area (Å²) in [5, 5.41) is 6.48. The van der Waals surface area contributed by atoms with Gasteiger partial charge in [-0.2, -0.15) is 0 Å². The Morgan fingerprint density at radius 3 is 2.30 bits per heavy atom. The number of nitrogens with one attached hydrogen (secondary N) is 2. The lowest BCUT2D eigenvalue weighted by Gasteiger charge is -2.15. The Morgan fingerprint density at radius 2 is 1.70 bits per heavy atom. The molecule has 1 amide bonds. The first-order valence-corrected chi connectivity index (χ1v) is 9.95. The Balaban J connectivity index is 0.00000450. The second kappa shape index (κ2) is 13.8. The molecule has 0 saturated heterocycles. The first-order chi connectivity index (χ1) is 14.0. The molecule has 6 nitrogen and oxygen atoms in total. The van der Waals surface area contributed by atoms with Gasteiger partial charge < -0.3 is 20.3 Å². The Morgan fingerprint density at radius 1 is 1.03 bits per heavy atom. The zero-order chi connectivity index (χ0) is 21.1. The van der Waals surface area contributed by atoms with E-state index in [-0.39, 0.29) is 36.4 Å². The molecular formula is C23H33IN4O2. The summed E-state index contributed by atoms with van der Waals surface area (Å²) in [4.78, 5) is 18.2. The summed E-state index contributed by atoms with van der Waals surface area (Å²) in [6.07, 6.45) is 1.82. The number of hydrogen-bond donors (Lipinski definition) is 2. The molecule has 0 saturated carbocycles. The van der Waals surface area contributed by atoms with Crippen LogP contribution in [0, 0.1) is 0 Å². The van der Waals surface area contributed by atoms with Crippen molar-refractivity contribution in [3.05, 3.63) is 65.2 Å². The standard InChI is InChI=1S/C23H32N4O2.HI/c1-5-19-8-6-7-9-20(19)16-25-23(26-17-22(28)27(2)3)24-15-14-18-10-12-21(29-4)13-11-18;/h6-13H,5,14-17H2,1-4H3,(H2,24,25,26);1H. The number of nitrogens with zero attached hydrogens (tertiary/aromatic N) is 2. The highest BCUT2D eigenvalue weighted by Crippen LogP contribution is 2.12. The number of aliphatic imine (C=N–C) groups is 1. The largest absolute Gasteiger partial charge is 0.497 e. The fraction of sp³-hybridized carbons (Fsp3) is 0.391. The van der Waals surface area contributed by atoms with Gasteiger partial charge in [0.05, 0.1) is 20.2 Å². The highest BCUT2D eigenvalue weighted by atomic mass is 127. The predicted molar refractivity (Wildman–Crippen MR) is 134 cm³/mol. The predicted octanol–water partition coefficient (Wildman–Crippen LogP) is 3.24.